The molecule has 1 heterocycles. The third kappa shape index (κ3) is 2.78. The van der Waals surface area contributed by atoms with Crippen molar-refractivity contribution < 1.29 is 13.6 Å². The molecule has 6 heteroatoms. The van der Waals surface area contributed by atoms with Gasteiger partial charge >= 0.3 is 0 Å². The van der Waals surface area contributed by atoms with Gasteiger partial charge in [-0.15, -0.1) is 0 Å². The molecule has 0 unspecified atom stereocenters. The molecule has 0 atom stereocenters. The van der Waals surface area contributed by atoms with Gasteiger partial charge in [0.15, 0.2) is 0 Å². The van der Waals surface area contributed by atoms with Gasteiger partial charge in [0, 0.05) is 23.9 Å². The van der Waals surface area contributed by atoms with Crippen molar-refractivity contribution in [2.24, 2.45) is 7.05 Å². The highest BCUT2D eigenvalue weighted by Crippen LogP contribution is 2.30. The summed E-state index contributed by atoms with van der Waals surface area (Å²) < 4.78 is 29.1. The maximum Gasteiger partial charge on any atom is 0.262 e. The van der Waals surface area contributed by atoms with Gasteiger partial charge in [0.25, 0.3) is 5.91 Å². The molecule has 0 aliphatic rings. The molecule has 2 aromatic carbocycles. The fourth-order valence-corrected chi connectivity index (χ4v) is 2.58. The van der Waals surface area contributed by atoms with E-state index in [1.807, 2.05) is 0 Å². The van der Waals surface area contributed by atoms with Gasteiger partial charge in [-0.25, -0.2) is 9.07 Å². The van der Waals surface area contributed by atoms with Crippen LogP contribution in [-0.4, -0.2) is 15.7 Å². The number of amides is 1. The molecule has 3 rings (SSSR count). The molecule has 0 radical (unpaired) electrons. The van der Waals surface area contributed by atoms with Crippen molar-refractivity contribution in [2.45, 2.75) is 6.92 Å². The van der Waals surface area contributed by atoms with Crippen molar-refractivity contribution in [3.05, 3.63) is 71.6 Å². The van der Waals surface area contributed by atoms with Gasteiger partial charge in [-0.2, -0.15) is 9.49 Å². The number of halogens is 2. The summed E-state index contributed by atoms with van der Waals surface area (Å²) in [5, 5.41) is 6.54. The second kappa shape index (κ2) is 6.23. The number of hydrogen-bond acceptors (Lipinski definition) is 2. The lowest BCUT2D eigenvalue weighted by atomic mass is 10.0. The molecule has 1 amide bonds. The predicted octanol–water partition coefficient (Wildman–Crippen LogP) is 3.93. The third-order valence-electron chi connectivity index (χ3n) is 3.72. The molecule has 1 aromatic heterocycles. The van der Waals surface area contributed by atoms with Crippen LogP contribution in [0.3, 0.4) is 0 Å². The van der Waals surface area contributed by atoms with Crippen molar-refractivity contribution in [2.75, 3.05) is 5.32 Å². The Morgan fingerprint density at radius 1 is 1.04 bits per heavy atom. The summed E-state index contributed by atoms with van der Waals surface area (Å²) in [5.41, 5.74) is 1.44. The minimum Gasteiger partial charge on any atom is -0.321 e. The fraction of sp³-hybridized carbons (Fsp3) is 0.111. The van der Waals surface area contributed by atoms with Crippen LogP contribution in [0.4, 0.5) is 14.5 Å². The molecule has 122 valence electrons. The molecule has 0 saturated heterocycles. The molecule has 0 saturated carbocycles. The Hall–Kier alpha value is -3.02. The van der Waals surface area contributed by atoms with Crippen LogP contribution in [-0.2, 0) is 7.05 Å². The van der Waals surface area contributed by atoms with E-state index in [-0.39, 0.29) is 11.3 Å². The van der Waals surface area contributed by atoms with E-state index in [9.17, 15) is 13.6 Å². The first-order chi connectivity index (χ1) is 11.5. The van der Waals surface area contributed by atoms with Gasteiger partial charge in [-0.1, -0.05) is 36.4 Å². The van der Waals surface area contributed by atoms with E-state index >= 15 is 0 Å². The molecule has 0 aliphatic heterocycles. The molecular weight excluding hydrogens is 312 g/mol. The highest BCUT2D eigenvalue weighted by molar-refractivity contribution is 6.07. The summed E-state index contributed by atoms with van der Waals surface area (Å²) in [4.78, 5) is 12.4. The first-order valence-corrected chi connectivity index (χ1v) is 7.33. The summed E-state index contributed by atoms with van der Waals surface area (Å²) in [6.45, 7) is 1.56. The maximum atomic E-state index is 14.1. The number of carbonyl (C=O) groups is 1. The quantitative estimate of drug-likeness (QED) is 0.792. The number of aryl methyl sites for hydroxylation is 2. The minimum atomic E-state index is -0.714. The Morgan fingerprint density at radius 3 is 2.29 bits per heavy atom. The summed E-state index contributed by atoms with van der Waals surface area (Å²) >= 11 is 0. The second-order valence-electron chi connectivity index (χ2n) is 5.35. The highest BCUT2D eigenvalue weighted by Gasteiger charge is 2.21. The topological polar surface area (TPSA) is 46.9 Å². The van der Waals surface area contributed by atoms with Crippen molar-refractivity contribution >= 4 is 11.6 Å². The van der Waals surface area contributed by atoms with E-state index in [1.54, 1.807) is 49.4 Å². The first kappa shape index (κ1) is 15.9. The Kier molecular flexibility index (Phi) is 4.12. The van der Waals surface area contributed by atoms with Crippen LogP contribution in [0.2, 0.25) is 0 Å². The van der Waals surface area contributed by atoms with Crippen LogP contribution in [0, 0.1) is 18.7 Å². The predicted molar refractivity (Wildman–Crippen MR) is 87.7 cm³/mol. The molecule has 0 fully saturated rings. The number of rotatable bonds is 3. The summed E-state index contributed by atoms with van der Waals surface area (Å²) in [6, 6.07) is 13.1. The van der Waals surface area contributed by atoms with E-state index in [2.05, 4.69) is 10.4 Å². The van der Waals surface area contributed by atoms with E-state index in [0.717, 1.165) is 4.68 Å². The Bertz CT molecular complexity index is 918. The van der Waals surface area contributed by atoms with Crippen molar-refractivity contribution in [1.82, 2.24) is 9.78 Å². The van der Waals surface area contributed by atoms with Crippen LogP contribution in [0.15, 0.2) is 48.5 Å². The molecule has 0 bridgehead atoms. The average molecular weight is 327 g/mol. The van der Waals surface area contributed by atoms with Crippen LogP contribution >= 0.6 is 0 Å². The highest BCUT2D eigenvalue weighted by atomic mass is 19.1. The Balaban J connectivity index is 2.00. The maximum absolute atomic E-state index is 14.1. The standard InChI is InChI=1S/C18H15F2N3O/c1-11-16(17(20)23(2)22-11)18(24)21-15-10-6-4-8-13(15)12-7-3-5-9-14(12)19/h3-10H,1-2H3,(H,21,24). The van der Waals surface area contributed by atoms with Gasteiger partial charge in [0.05, 0.1) is 5.69 Å². The third-order valence-corrected chi connectivity index (χ3v) is 3.72. The summed E-state index contributed by atoms with van der Waals surface area (Å²) in [6.07, 6.45) is 0. The van der Waals surface area contributed by atoms with Crippen LogP contribution in [0.1, 0.15) is 16.1 Å². The van der Waals surface area contributed by atoms with E-state index in [0.29, 0.717) is 16.8 Å². The van der Waals surface area contributed by atoms with Crippen molar-refractivity contribution in [1.29, 1.82) is 0 Å². The number of nitrogens with one attached hydrogen (secondary N) is 1. The Labute approximate surface area is 137 Å². The van der Waals surface area contributed by atoms with Gasteiger partial charge in [0.1, 0.15) is 11.4 Å². The van der Waals surface area contributed by atoms with Crippen LogP contribution in [0.5, 0.6) is 0 Å². The number of nitrogens with zero attached hydrogens (tertiary/aromatic N) is 2. The lowest BCUT2D eigenvalue weighted by molar-refractivity contribution is 0.102. The van der Waals surface area contributed by atoms with Gasteiger partial charge < -0.3 is 5.32 Å². The fourth-order valence-electron chi connectivity index (χ4n) is 2.58. The number of hydrogen-bond donors (Lipinski definition) is 1. The van der Waals surface area contributed by atoms with Crippen molar-refractivity contribution in [3.63, 3.8) is 0 Å². The van der Waals surface area contributed by atoms with Crippen LogP contribution in [0.25, 0.3) is 11.1 Å². The van der Waals surface area contributed by atoms with Gasteiger partial charge in [0.2, 0.25) is 5.95 Å². The molecule has 0 aliphatic carbocycles. The summed E-state index contributed by atoms with van der Waals surface area (Å²) in [7, 11) is 1.42. The first-order valence-electron chi connectivity index (χ1n) is 7.33. The molecule has 1 N–H and O–H groups in total. The Morgan fingerprint density at radius 2 is 1.67 bits per heavy atom. The number of para-hydroxylation sites is 1. The van der Waals surface area contributed by atoms with E-state index in [1.165, 1.54) is 13.1 Å². The number of carbonyl (C=O) groups excluding carboxylic acids is 1. The van der Waals surface area contributed by atoms with E-state index < -0.39 is 17.7 Å². The zero-order valence-electron chi connectivity index (χ0n) is 13.2. The number of anilines is 1. The zero-order valence-corrected chi connectivity index (χ0v) is 13.2. The average Bonchev–Trinajstić information content (AvgIpc) is 2.81. The molecule has 4 nitrogen and oxygen atoms in total. The molecule has 3 aromatic rings. The lowest BCUT2D eigenvalue weighted by Gasteiger charge is -2.11. The normalized spacial score (nSPS) is 10.7. The number of benzene rings is 2. The molecule has 0 spiro atoms. The largest absolute Gasteiger partial charge is 0.321 e. The smallest absolute Gasteiger partial charge is 0.262 e. The van der Waals surface area contributed by atoms with Crippen molar-refractivity contribution in [3.8, 4) is 11.1 Å². The monoisotopic (exact) mass is 327 g/mol. The number of aromatic nitrogens is 2. The summed E-state index contributed by atoms with van der Waals surface area (Å²) in [5.74, 6) is -1.74. The van der Waals surface area contributed by atoms with Crippen LogP contribution < -0.4 is 5.32 Å². The van der Waals surface area contributed by atoms with Gasteiger partial charge in [-0.05, 0) is 19.1 Å². The minimum absolute atomic E-state index is 0.124. The second-order valence-corrected chi connectivity index (χ2v) is 5.35. The van der Waals surface area contributed by atoms with Gasteiger partial charge in [-0.3, -0.25) is 4.79 Å². The molecule has 24 heavy (non-hydrogen) atoms. The lowest BCUT2D eigenvalue weighted by Crippen LogP contribution is -2.15. The van der Waals surface area contributed by atoms with E-state index in [4.69, 9.17) is 0 Å². The molecular formula is C18H15F2N3O. The SMILES string of the molecule is Cc1nn(C)c(F)c1C(=O)Nc1ccccc1-c1ccccc1F. The zero-order chi connectivity index (χ0) is 17.3.